The van der Waals surface area contributed by atoms with Crippen molar-refractivity contribution in [2.75, 3.05) is 0 Å². The van der Waals surface area contributed by atoms with Gasteiger partial charge < -0.3 is 5.11 Å². The van der Waals surface area contributed by atoms with E-state index in [1.165, 1.54) is 0 Å². The van der Waals surface area contributed by atoms with Crippen LogP contribution in [-0.4, -0.2) is 5.11 Å². The first kappa shape index (κ1) is 8.09. The van der Waals surface area contributed by atoms with E-state index in [0.717, 1.165) is 0 Å². The van der Waals surface area contributed by atoms with Crippen LogP contribution in [0.5, 0.6) is 5.75 Å². The van der Waals surface area contributed by atoms with Crippen LogP contribution in [0.15, 0.2) is 18.2 Å². The Morgan fingerprint density at radius 1 is 1.55 bits per heavy atom. The molecule has 0 bridgehead atoms. The molecule has 0 saturated carbocycles. The normalized spacial score (nSPS) is 9.09. The highest BCUT2D eigenvalue weighted by Crippen LogP contribution is 2.22. The molecule has 2 nitrogen and oxygen atoms in total. The van der Waals surface area contributed by atoms with Crippen molar-refractivity contribution < 1.29 is 5.11 Å². The molecule has 56 valence electrons. The van der Waals surface area contributed by atoms with Crippen LogP contribution in [-0.2, 0) is 5.33 Å². The van der Waals surface area contributed by atoms with Crippen molar-refractivity contribution in [3.8, 4) is 11.8 Å². The summed E-state index contributed by atoms with van der Waals surface area (Å²) in [6.45, 7) is 0. The molecule has 0 unspecified atom stereocenters. The van der Waals surface area contributed by atoms with Gasteiger partial charge in [-0.25, -0.2) is 0 Å². The van der Waals surface area contributed by atoms with E-state index >= 15 is 0 Å². The molecule has 0 aliphatic rings. The van der Waals surface area contributed by atoms with E-state index < -0.39 is 0 Å². The zero-order valence-electron chi connectivity index (χ0n) is 5.71. The molecule has 0 atom stereocenters. The second-order valence-corrected chi connectivity index (χ2v) is 2.61. The van der Waals surface area contributed by atoms with Crippen LogP contribution in [0.2, 0.25) is 0 Å². The lowest BCUT2D eigenvalue weighted by atomic mass is 10.1. The molecule has 0 fully saturated rings. The van der Waals surface area contributed by atoms with Crippen LogP contribution in [0.1, 0.15) is 11.1 Å². The van der Waals surface area contributed by atoms with E-state index in [-0.39, 0.29) is 5.75 Å². The van der Waals surface area contributed by atoms with Gasteiger partial charge >= 0.3 is 0 Å². The Morgan fingerprint density at radius 3 is 2.73 bits per heavy atom. The maximum atomic E-state index is 9.24. The third kappa shape index (κ3) is 1.52. The molecule has 3 heteroatoms. The lowest BCUT2D eigenvalue weighted by Crippen LogP contribution is -1.85. The largest absolute Gasteiger partial charge is 0.508 e. The zero-order valence-corrected chi connectivity index (χ0v) is 7.30. The Balaban J connectivity index is 3.27. The summed E-state index contributed by atoms with van der Waals surface area (Å²) in [7, 11) is 0. The molecule has 0 heterocycles. The van der Waals surface area contributed by atoms with Crippen LogP contribution >= 0.6 is 15.9 Å². The van der Waals surface area contributed by atoms with Crippen LogP contribution in [0, 0.1) is 11.3 Å². The number of halogens is 1. The van der Waals surface area contributed by atoms with Gasteiger partial charge in [0.25, 0.3) is 0 Å². The van der Waals surface area contributed by atoms with E-state index in [2.05, 4.69) is 15.9 Å². The molecule has 0 aliphatic carbocycles. The van der Waals surface area contributed by atoms with E-state index in [0.29, 0.717) is 16.5 Å². The second-order valence-electron chi connectivity index (χ2n) is 2.05. The number of hydrogen-bond acceptors (Lipinski definition) is 2. The summed E-state index contributed by atoms with van der Waals surface area (Å²) < 4.78 is 0. The molecule has 1 N–H and O–H groups in total. The Labute approximate surface area is 73.2 Å². The average Bonchev–Trinajstić information content (AvgIpc) is 2.04. The Hall–Kier alpha value is -1.01. The van der Waals surface area contributed by atoms with Crippen molar-refractivity contribution in [1.29, 1.82) is 5.26 Å². The molecule has 1 aromatic rings. The predicted octanol–water partition coefficient (Wildman–Crippen LogP) is 2.16. The molecule has 0 radical (unpaired) electrons. The van der Waals surface area contributed by atoms with Crippen molar-refractivity contribution in [2.45, 2.75) is 5.33 Å². The SMILES string of the molecule is N#Cc1cccc(O)c1CBr. The number of benzene rings is 1. The molecule has 0 aliphatic heterocycles. The van der Waals surface area contributed by atoms with Gasteiger partial charge in [-0.15, -0.1) is 0 Å². The fourth-order valence-electron chi connectivity index (χ4n) is 0.820. The maximum absolute atomic E-state index is 9.24. The van der Waals surface area contributed by atoms with Crippen molar-refractivity contribution in [1.82, 2.24) is 0 Å². The van der Waals surface area contributed by atoms with Gasteiger partial charge in [0.05, 0.1) is 11.6 Å². The summed E-state index contributed by atoms with van der Waals surface area (Å²) in [6.07, 6.45) is 0. The molecular weight excluding hydrogens is 206 g/mol. The summed E-state index contributed by atoms with van der Waals surface area (Å²) in [4.78, 5) is 0. The van der Waals surface area contributed by atoms with Crippen molar-refractivity contribution in [3.63, 3.8) is 0 Å². The molecule has 0 amide bonds. The Bertz CT molecular complexity index is 303. The molecule has 11 heavy (non-hydrogen) atoms. The molecule has 0 aromatic heterocycles. The highest BCUT2D eigenvalue weighted by atomic mass is 79.9. The van der Waals surface area contributed by atoms with Crippen LogP contribution in [0.25, 0.3) is 0 Å². The highest BCUT2D eigenvalue weighted by molar-refractivity contribution is 9.08. The fraction of sp³-hybridized carbons (Fsp3) is 0.125. The number of phenols is 1. The number of nitriles is 1. The first-order chi connectivity index (χ1) is 5.29. The van der Waals surface area contributed by atoms with Gasteiger partial charge in [0, 0.05) is 10.9 Å². The average molecular weight is 212 g/mol. The summed E-state index contributed by atoms with van der Waals surface area (Å²) in [5, 5.41) is 18.3. The van der Waals surface area contributed by atoms with Crippen LogP contribution in [0.4, 0.5) is 0 Å². The van der Waals surface area contributed by atoms with Crippen LogP contribution < -0.4 is 0 Å². The third-order valence-corrected chi connectivity index (χ3v) is 1.97. The van der Waals surface area contributed by atoms with E-state index in [1.807, 2.05) is 6.07 Å². The second kappa shape index (κ2) is 3.40. The molecule has 1 aromatic carbocycles. The van der Waals surface area contributed by atoms with Crippen LogP contribution in [0.3, 0.4) is 0 Å². The summed E-state index contributed by atoms with van der Waals surface area (Å²) in [5.41, 5.74) is 1.16. The van der Waals surface area contributed by atoms with Gasteiger partial charge in [-0.2, -0.15) is 5.26 Å². The summed E-state index contributed by atoms with van der Waals surface area (Å²) >= 11 is 3.19. The van der Waals surface area contributed by atoms with E-state index in [4.69, 9.17) is 5.26 Å². The van der Waals surface area contributed by atoms with Crippen molar-refractivity contribution in [3.05, 3.63) is 29.3 Å². The smallest absolute Gasteiger partial charge is 0.120 e. The number of alkyl halides is 1. The van der Waals surface area contributed by atoms with E-state index in [1.54, 1.807) is 18.2 Å². The minimum Gasteiger partial charge on any atom is -0.508 e. The fourth-order valence-corrected chi connectivity index (χ4v) is 1.41. The standard InChI is InChI=1S/C8H6BrNO/c9-4-7-6(5-10)2-1-3-8(7)11/h1-3,11H,4H2. The van der Waals surface area contributed by atoms with Gasteiger partial charge in [0.2, 0.25) is 0 Å². The topological polar surface area (TPSA) is 44.0 Å². The number of nitrogens with zero attached hydrogens (tertiary/aromatic N) is 1. The van der Waals surface area contributed by atoms with Crippen molar-refractivity contribution >= 4 is 15.9 Å². The van der Waals surface area contributed by atoms with Crippen molar-refractivity contribution in [2.24, 2.45) is 0 Å². The minimum absolute atomic E-state index is 0.168. The zero-order chi connectivity index (χ0) is 8.27. The van der Waals surface area contributed by atoms with E-state index in [9.17, 15) is 5.11 Å². The van der Waals surface area contributed by atoms with Gasteiger partial charge in [-0.3, -0.25) is 0 Å². The Kier molecular flexibility index (Phi) is 2.50. The Morgan fingerprint density at radius 2 is 2.27 bits per heavy atom. The molecule has 0 spiro atoms. The first-order valence-electron chi connectivity index (χ1n) is 3.06. The lowest BCUT2D eigenvalue weighted by Gasteiger charge is -2.00. The van der Waals surface area contributed by atoms with Gasteiger partial charge in [0.1, 0.15) is 5.75 Å². The highest BCUT2D eigenvalue weighted by Gasteiger charge is 2.03. The third-order valence-electron chi connectivity index (χ3n) is 1.41. The van der Waals surface area contributed by atoms with Gasteiger partial charge in [0.15, 0.2) is 0 Å². The molecule has 1 rings (SSSR count). The molecular formula is C8H6BrNO. The quantitative estimate of drug-likeness (QED) is 0.724. The molecule has 0 saturated heterocycles. The summed E-state index contributed by atoms with van der Waals surface area (Å²) in [5.74, 6) is 0.168. The minimum atomic E-state index is 0.168. The first-order valence-corrected chi connectivity index (χ1v) is 4.18. The summed E-state index contributed by atoms with van der Waals surface area (Å²) in [6, 6.07) is 6.89. The van der Waals surface area contributed by atoms with Gasteiger partial charge in [-0.05, 0) is 12.1 Å². The number of phenolic OH excluding ortho intramolecular Hbond substituents is 1. The monoisotopic (exact) mass is 211 g/mol. The lowest BCUT2D eigenvalue weighted by molar-refractivity contribution is 0.470. The maximum Gasteiger partial charge on any atom is 0.120 e. The van der Waals surface area contributed by atoms with Gasteiger partial charge in [-0.1, -0.05) is 22.0 Å². The number of aromatic hydroxyl groups is 1. The number of rotatable bonds is 1. The predicted molar refractivity (Wildman–Crippen MR) is 45.5 cm³/mol. The number of hydrogen-bond donors (Lipinski definition) is 1.